The first-order valence-electron chi connectivity index (χ1n) is 6.48. The molecule has 0 aliphatic carbocycles. The van der Waals surface area contributed by atoms with Crippen molar-refractivity contribution in [2.45, 2.75) is 32.5 Å². The quantitative estimate of drug-likeness (QED) is 0.678. The maximum absolute atomic E-state index is 4.77. The van der Waals surface area contributed by atoms with Crippen LogP contribution in [0, 0.1) is 0 Å². The molecular formula is C12H16N6. The van der Waals surface area contributed by atoms with Gasteiger partial charge in [-0.1, -0.05) is 0 Å². The van der Waals surface area contributed by atoms with Crippen molar-refractivity contribution >= 4 is 0 Å². The summed E-state index contributed by atoms with van der Waals surface area (Å²) in [5.41, 5.74) is 3.78. The van der Waals surface area contributed by atoms with Gasteiger partial charge in [0.1, 0.15) is 12.0 Å². The lowest BCUT2D eigenvalue weighted by atomic mass is 10.1. The molecule has 0 bridgehead atoms. The predicted molar refractivity (Wildman–Crippen MR) is 65.9 cm³/mol. The van der Waals surface area contributed by atoms with Gasteiger partial charge in [0.2, 0.25) is 0 Å². The van der Waals surface area contributed by atoms with Gasteiger partial charge in [-0.05, 0) is 13.5 Å². The lowest BCUT2D eigenvalue weighted by Gasteiger charge is -2.21. The van der Waals surface area contributed by atoms with E-state index in [1.165, 1.54) is 17.0 Å². The summed E-state index contributed by atoms with van der Waals surface area (Å²) < 4.78 is 4.28. The topological polar surface area (TPSA) is 51.8 Å². The Labute approximate surface area is 105 Å². The second kappa shape index (κ2) is 3.65. The molecule has 6 heteroatoms. The van der Waals surface area contributed by atoms with Gasteiger partial charge in [0.25, 0.3) is 0 Å². The van der Waals surface area contributed by atoms with Crippen molar-refractivity contribution in [3.05, 3.63) is 17.6 Å². The first-order chi connectivity index (χ1) is 8.83. The number of hydrogen-bond acceptors (Lipinski definition) is 4. The van der Waals surface area contributed by atoms with E-state index in [1.807, 2.05) is 6.33 Å². The molecule has 4 heterocycles. The molecule has 0 saturated heterocycles. The average molecular weight is 244 g/mol. The Morgan fingerprint density at radius 2 is 2.17 bits per heavy atom. The standard InChI is InChI=1S/C12H16N6/c1-16-6-3-10-9(7-16)11-12-14-13-8-17(12)4-2-5-18(11)15-10/h8H,2-7H2,1H3. The van der Waals surface area contributed by atoms with E-state index >= 15 is 0 Å². The molecule has 0 fully saturated rings. The maximum Gasteiger partial charge on any atom is 0.182 e. The molecule has 2 aromatic rings. The first kappa shape index (κ1) is 10.3. The van der Waals surface area contributed by atoms with Gasteiger partial charge in [-0.25, -0.2) is 0 Å². The summed E-state index contributed by atoms with van der Waals surface area (Å²) >= 11 is 0. The van der Waals surface area contributed by atoms with Gasteiger partial charge in [-0.3, -0.25) is 4.68 Å². The Kier molecular flexibility index (Phi) is 2.08. The van der Waals surface area contributed by atoms with Gasteiger partial charge in [0, 0.05) is 38.2 Å². The summed E-state index contributed by atoms with van der Waals surface area (Å²) in [6.07, 6.45) is 3.96. The van der Waals surface area contributed by atoms with Crippen molar-refractivity contribution < 1.29 is 0 Å². The van der Waals surface area contributed by atoms with Crippen LogP contribution in [0.5, 0.6) is 0 Å². The van der Waals surface area contributed by atoms with E-state index in [0.717, 1.165) is 44.8 Å². The Hall–Kier alpha value is -1.69. The Morgan fingerprint density at radius 3 is 3.11 bits per heavy atom. The monoisotopic (exact) mass is 244 g/mol. The van der Waals surface area contributed by atoms with Gasteiger partial charge in [0.15, 0.2) is 5.82 Å². The lowest BCUT2D eigenvalue weighted by Crippen LogP contribution is -2.26. The number of aryl methyl sites for hydroxylation is 2. The maximum atomic E-state index is 4.77. The van der Waals surface area contributed by atoms with Crippen LogP contribution in [0.15, 0.2) is 6.33 Å². The molecule has 0 aromatic carbocycles. The minimum absolute atomic E-state index is 0.970. The average Bonchev–Trinajstić information content (AvgIpc) is 2.90. The SMILES string of the molecule is CN1CCc2nn3c(c2C1)-c1nncn1CCC3. The summed E-state index contributed by atoms with van der Waals surface area (Å²) in [4.78, 5) is 2.34. The van der Waals surface area contributed by atoms with Crippen LogP contribution in [-0.4, -0.2) is 43.0 Å². The van der Waals surface area contributed by atoms with Crippen molar-refractivity contribution in [1.29, 1.82) is 0 Å². The molecule has 0 N–H and O–H groups in total. The number of likely N-dealkylation sites (N-methyl/N-ethyl adjacent to an activating group) is 1. The van der Waals surface area contributed by atoms with Crippen LogP contribution in [0.2, 0.25) is 0 Å². The molecule has 2 aromatic heterocycles. The summed E-state index contributed by atoms with van der Waals surface area (Å²) in [6.45, 7) is 4.03. The van der Waals surface area contributed by atoms with Gasteiger partial charge >= 0.3 is 0 Å². The Balaban J connectivity index is 1.95. The zero-order valence-corrected chi connectivity index (χ0v) is 10.5. The molecule has 0 spiro atoms. The third-order valence-corrected chi connectivity index (χ3v) is 3.89. The zero-order chi connectivity index (χ0) is 12.1. The third-order valence-electron chi connectivity index (χ3n) is 3.89. The predicted octanol–water partition coefficient (Wildman–Crippen LogP) is 0.533. The first-order valence-corrected chi connectivity index (χ1v) is 6.48. The number of hydrogen-bond donors (Lipinski definition) is 0. The smallest absolute Gasteiger partial charge is 0.182 e. The summed E-state index contributed by atoms with van der Waals surface area (Å²) in [5, 5.41) is 13.1. The highest BCUT2D eigenvalue weighted by atomic mass is 15.3. The third kappa shape index (κ3) is 1.35. The van der Waals surface area contributed by atoms with Crippen molar-refractivity contribution in [2.24, 2.45) is 0 Å². The Morgan fingerprint density at radius 1 is 1.22 bits per heavy atom. The van der Waals surface area contributed by atoms with Crippen LogP contribution in [0.1, 0.15) is 17.7 Å². The molecule has 2 aliphatic heterocycles. The molecule has 0 atom stereocenters. The molecule has 18 heavy (non-hydrogen) atoms. The molecule has 2 aliphatic rings. The highest BCUT2D eigenvalue weighted by Gasteiger charge is 2.27. The van der Waals surface area contributed by atoms with Crippen LogP contribution < -0.4 is 0 Å². The molecule has 0 amide bonds. The van der Waals surface area contributed by atoms with Gasteiger partial charge in [-0.15, -0.1) is 10.2 Å². The fourth-order valence-corrected chi connectivity index (χ4v) is 2.97. The highest BCUT2D eigenvalue weighted by molar-refractivity contribution is 5.58. The van der Waals surface area contributed by atoms with Gasteiger partial charge in [-0.2, -0.15) is 5.10 Å². The van der Waals surface area contributed by atoms with Gasteiger partial charge in [0.05, 0.1) is 5.69 Å². The van der Waals surface area contributed by atoms with Gasteiger partial charge < -0.3 is 9.47 Å². The summed E-state index contributed by atoms with van der Waals surface area (Å²) in [7, 11) is 2.16. The molecule has 0 unspecified atom stereocenters. The van der Waals surface area contributed by atoms with E-state index in [-0.39, 0.29) is 0 Å². The van der Waals surface area contributed by atoms with Crippen molar-refractivity contribution in [3.63, 3.8) is 0 Å². The molecule has 94 valence electrons. The number of fused-ring (bicyclic) bond motifs is 5. The highest BCUT2D eigenvalue weighted by Crippen LogP contribution is 2.30. The second-order valence-corrected chi connectivity index (χ2v) is 5.19. The Bertz CT molecular complexity index is 596. The fourth-order valence-electron chi connectivity index (χ4n) is 2.97. The molecule has 6 nitrogen and oxygen atoms in total. The van der Waals surface area contributed by atoms with E-state index < -0.39 is 0 Å². The van der Waals surface area contributed by atoms with Crippen LogP contribution in [0.25, 0.3) is 11.5 Å². The fraction of sp³-hybridized carbons (Fsp3) is 0.583. The van der Waals surface area contributed by atoms with Crippen LogP contribution in [-0.2, 0) is 26.1 Å². The normalized spacial score (nSPS) is 18.9. The van der Waals surface area contributed by atoms with E-state index in [0.29, 0.717) is 0 Å². The van der Waals surface area contributed by atoms with Crippen LogP contribution in [0.4, 0.5) is 0 Å². The minimum atomic E-state index is 0.970. The second-order valence-electron chi connectivity index (χ2n) is 5.19. The van der Waals surface area contributed by atoms with Crippen LogP contribution in [0.3, 0.4) is 0 Å². The number of aromatic nitrogens is 5. The van der Waals surface area contributed by atoms with E-state index in [9.17, 15) is 0 Å². The summed E-state index contributed by atoms with van der Waals surface area (Å²) in [6, 6.07) is 0. The molecule has 0 saturated carbocycles. The van der Waals surface area contributed by atoms with Crippen LogP contribution >= 0.6 is 0 Å². The largest absolute Gasteiger partial charge is 0.312 e. The molecule has 4 rings (SSSR count). The molecular weight excluding hydrogens is 228 g/mol. The van der Waals surface area contributed by atoms with E-state index in [1.54, 1.807) is 0 Å². The zero-order valence-electron chi connectivity index (χ0n) is 10.5. The molecule has 0 radical (unpaired) electrons. The lowest BCUT2D eigenvalue weighted by molar-refractivity contribution is 0.312. The van der Waals surface area contributed by atoms with Crippen molar-refractivity contribution in [3.8, 4) is 11.5 Å². The minimum Gasteiger partial charge on any atom is -0.312 e. The van der Waals surface area contributed by atoms with E-state index in [4.69, 9.17) is 5.10 Å². The van der Waals surface area contributed by atoms with Crippen molar-refractivity contribution in [1.82, 2.24) is 29.4 Å². The van der Waals surface area contributed by atoms with Crippen molar-refractivity contribution in [2.75, 3.05) is 13.6 Å². The van der Waals surface area contributed by atoms with E-state index in [2.05, 4.69) is 31.4 Å². The summed E-state index contributed by atoms with van der Waals surface area (Å²) in [5.74, 6) is 0.983. The number of nitrogens with zero attached hydrogens (tertiary/aromatic N) is 6. The number of rotatable bonds is 0.